The zero-order chi connectivity index (χ0) is 20.3. The molecule has 28 heavy (non-hydrogen) atoms. The van der Waals surface area contributed by atoms with Gasteiger partial charge in [-0.3, -0.25) is 9.00 Å². The minimum absolute atomic E-state index is 0.0418. The van der Waals surface area contributed by atoms with Crippen LogP contribution < -0.4 is 5.32 Å². The van der Waals surface area contributed by atoms with Crippen molar-refractivity contribution >= 4 is 22.4 Å². The zero-order valence-electron chi connectivity index (χ0n) is 14.8. The Balaban J connectivity index is 1.90. The van der Waals surface area contributed by atoms with E-state index in [-0.39, 0.29) is 16.8 Å². The van der Waals surface area contributed by atoms with Crippen molar-refractivity contribution in [2.45, 2.75) is 11.1 Å². The molecule has 3 aromatic carbocycles. The molecular formula is C21H16F3NO2S. The average Bonchev–Trinajstić information content (AvgIpc) is 2.68. The molecule has 0 bridgehead atoms. The Kier molecular flexibility index (Phi) is 5.65. The van der Waals surface area contributed by atoms with Crippen LogP contribution in [0.15, 0.2) is 77.7 Å². The van der Waals surface area contributed by atoms with E-state index in [1.165, 1.54) is 30.5 Å². The van der Waals surface area contributed by atoms with Crippen LogP contribution in [0.4, 0.5) is 18.9 Å². The van der Waals surface area contributed by atoms with E-state index in [0.29, 0.717) is 10.5 Å². The van der Waals surface area contributed by atoms with Gasteiger partial charge < -0.3 is 5.32 Å². The maximum absolute atomic E-state index is 13.6. The van der Waals surface area contributed by atoms with Gasteiger partial charge in [0.25, 0.3) is 5.91 Å². The number of halogens is 3. The van der Waals surface area contributed by atoms with Crippen LogP contribution in [-0.4, -0.2) is 16.4 Å². The van der Waals surface area contributed by atoms with Gasteiger partial charge in [0.2, 0.25) is 0 Å². The number of nitrogens with one attached hydrogen (secondary N) is 1. The minimum atomic E-state index is -4.57. The van der Waals surface area contributed by atoms with Gasteiger partial charge in [-0.05, 0) is 47.5 Å². The fourth-order valence-electron chi connectivity index (χ4n) is 2.73. The maximum atomic E-state index is 13.6. The summed E-state index contributed by atoms with van der Waals surface area (Å²) in [4.78, 5) is 12.9. The molecule has 0 saturated carbocycles. The van der Waals surface area contributed by atoms with E-state index in [9.17, 15) is 22.2 Å². The molecule has 0 spiro atoms. The zero-order valence-corrected chi connectivity index (χ0v) is 15.6. The summed E-state index contributed by atoms with van der Waals surface area (Å²) in [6, 6.07) is 18.0. The summed E-state index contributed by atoms with van der Waals surface area (Å²) < 4.78 is 52.1. The number of carbonyl (C=O) groups excluding carboxylic acids is 1. The third-order valence-corrected chi connectivity index (χ3v) is 5.05. The van der Waals surface area contributed by atoms with Gasteiger partial charge in [0.15, 0.2) is 0 Å². The molecule has 3 aromatic rings. The molecule has 0 fully saturated rings. The number of rotatable bonds is 4. The van der Waals surface area contributed by atoms with Crippen LogP contribution in [0.2, 0.25) is 0 Å². The summed E-state index contributed by atoms with van der Waals surface area (Å²) in [5.74, 6) is -0.547. The first kappa shape index (κ1) is 19.8. The number of hydrogen-bond donors (Lipinski definition) is 1. The Morgan fingerprint density at radius 2 is 1.57 bits per heavy atom. The molecule has 0 aliphatic heterocycles. The average molecular weight is 403 g/mol. The van der Waals surface area contributed by atoms with E-state index >= 15 is 0 Å². The van der Waals surface area contributed by atoms with Crippen molar-refractivity contribution in [3.05, 3.63) is 83.9 Å². The third kappa shape index (κ3) is 4.48. The van der Waals surface area contributed by atoms with Gasteiger partial charge in [0.05, 0.1) is 5.56 Å². The van der Waals surface area contributed by atoms with Crippen LogP contribution in [0.5, 0.6) is 0 Å². The summed E-state index contributed by atoms with van der Waals surface area (Å²) >= 11 is 0. The molecule has 3 nitrogen and oxygen atoms in total. The lowest BCUT2D eigenvalue weighted by atomic mass is 9.98. The molecule has 0 heterocycles. The molecule has 0 aliphatic rings. The lowest BCUT2D eigenvalue weighted by Gasteiger charge is -2.15. The Bertz CT molecular complexity index is 1020. The van der Waals surface area contributed by atoms with E-state index in [2.05, 4.69) is 5.32 Å². The molecule has 0 saturated heterocycles. The molecule has 0 radical (unpaired) electrons. The Hall–Kier alpha value is -2.93. The summed E-state index contributed by atoms with van der Waals surface area (Å²) in [7, 11) is -1.18. The standard InChI is InChI=1S/C21H16F3NO2S/c1-28(27)17-10-7-15(8-11-17)20(26)25-16-9-12-18(14-5-3-2-4-6-14)19(13-16)21(22,23)24/h2-13H,1H3,(H,25,26)/t28-/m0/s1. The van der Waals surface area contributed by atoms with E-state index in [1.807, 2.05) is 0 Å². The molecule has 7 heteroatoms. The van der Waals surface area contributed by atoms with Gasteiger partial charge in [-0.2, -0.15) is 13.2 Å². The van der Waals surface area contributed by atoms with Gasteiger partial charge >= 0.3 is 6.18 Å². The number of benzene rings is 3. The first-order valence-corrected chi connectivity index (χ1v) is 9.83. The van der Waals surface area contributed by atoms with Crippen molar-refractivity contribution in [2.75, 3.05) is 11.6 Å². The molecule has 1 N–H and O–H groups in total. The van der Waals surface area contributed by atoms with Crippen molar-refractivity contribution < 1.29 is 22.2 Å². The highest BCUT2D eigenvalue weighted by Gasteiger charge is 2.34. The Labute approximate surface area is 162 Å². The molecule has 0 aliphatic carbocycles. The molecule has 0 unspecified atom stereocenters. The first-order valence-electron chi connectivity index (χ1n) is 8.27. The number of hydrogen-bond acceptors (Lipinski definition) is 2. The second kappa shape index (κ2) is 7.98. The van der Waals surface area contributed by atoms with Crippen molar-refractivity contribution in [3.8, 4) is 11.1 Å². The summed E-state index contributed by atoms with van der Waals surface area (Å²) in [5, 5.41) is 2.48. The second-order valence-electron chi connectivity index (χ2n) is 6.06. The van der Waals surface area contributed by atoms with Gasteiger partial charge in [-0.25, -0.2) is 0 Å². The summed E-state index contributed by atoms with van der Waals surface area (Å²) in [5.41, 5.74) is -0.0417. The van der Waals surface area contributed by atoms with Crippen LogP contribution in [0.25, 0.3) is 11.1 Å². The predicted molar refractivity (Wildman–Crippen MR) is 104 cm³/mol. The summed E-state index contributed by atoms with van der Waals surface area (Å²) in [6.45, 7) is 0. The van der Waals surface area contributed by atoms with Crippen molar-refractivity contribution in [1.29, 1.82) is 0 Å². The fraction of sp³-hybridized carbons (Fsp3) is 0.0952. The number of carbonyl (C=O) groups is 1. The number of alkyl halides is 3. The fourth-order valence-corrected chi connectivity index (χ4v) is 3.25. The summed E-state index contributed by atoms with van der Waals surface area (Å²) in [6.07, 6.45) is -3.05. The maximum Gasteiger partial charge on any atom is 0.417 e. The molecular weight excluding hydrogens is 387 g/mol. The first-order chi connectivity index (χ1) is 13.3. The lowest BCUT2D eigenvalue weighted by molar-refractivity contribution is -0.137. The molecule has 3 rings (SSSR count). The van der Waals surface area contributed by atoms with E-state index in [1.54, 1.807) is 42.5 Å². The predicted octanol–water partition coefficient (Wildman–Crippen LogP) is 5.36. The molecule has 144 valence electrons. The highest BCUT2D eigenvalue weighted by atomic mass is 32.2. The molecule has 1 amide bonds. The van der Waals surface area contributed by atoms with Crippen LogP contribution in [0, 0.1) is 0 Å². The topological polar surface area (TPSA) is 46.2 Å². The van der Waals surface area contributed by atoms with Crippen molar-refractivity contribution in [3.63, 3.8) is 0 Å². The quantitative estimate of drug-likeness (QED) is 0.637. The molecule has 0 aromatic heterocycles. The Morgan fingerprint density at radius 1 is 0.929 bits per heavy atom. The van der Waals surface area contributed by atoms with Gasteiger partial charge in [-0.15, -0.1) is 0 Å². The van der Waals surface area contributed by atoms with Gasteiger partial charge in [0, 0.05) is 33.2 Å². The normalized spacial score (nSPS) is 12.4. The molecule has 1 atom stereocenters. The highest BCUT2D eigenvalue weighted by Crippen LogP contribution is 2.38. The van der Waals surface area contributed by atoms with Crippen molar-refractivity contribution in [2.24, 2.45) is 0 Å². The van der Waals surface area contributed by atoms with E-state index in [0.717, 1.165) is 6.07 Å². The van der Waals surface area contributed by atoms with E-state index in [4.69, 9.17) is 0 Å². The smallest absolute Gasteiger partial charge is 0.322 e. The second-order valence-corrected chi connectivity index (χ2v) is 7.44. The van der Waals surface area contributed by atoms with E-state index < -0.39 is 28.4 Å². The lowest BCUT2D eigenvalue weighted by Crippen LogP contribution is -2.14. The van der Waals surface area contributed by atoms with Crippen molar-refractivity contribution in [1.82, 2.24) is 0 Å². The SMILES string of the molecule is C[S@](=O)c1ccc(C(=O)Nc2ccc(-c3ccccc3)c(C(F)(F)F)c2)cc1. The van der Waals surface area contributed by atoms with Crippen LogP contribution in [-0.2, 0) is 17.0 Å². The number of anilines is 1. The van der Waals surface area contributed by atoms with Gasteiger partial charge in [0.1, 0.15) is 0 Å². The van der Waals surface area contributed by atoms with Crippen LogP contribution in [0.3, 0.4) is 0 Å². The highest BCUT2D eigenvalue weighted by molar-refractivity contribution is 7.84. The van der Waals surface area contributed by atoms with Crippen LogP contribution in [0.1, 0.15) is 15.9 Å². The monoisotopic (exact) mass is 403 g/mol. The largest absolute Gasteiger partial charge is 0.417 e. The Morgan fingerprint density at radius 3 is 2.14 bits per heavy atom. The van der Waals surface area contributed by atoms with Gasteiger partial charge in [-0.1, -0.05) is 36.4 Å². The van der Waals surface area contributed by atoms with Crippen LogP contribution >= 0.6 is 0 Å². The third-order valence-electron chi connectivity index (χ3n) is 4.12. The minimum Gasteiger partial charge on any atom is -0.322 e. The number of amides is 1.